The van der Waals surface area contributed by atoms with Gasteiger partial charge in [-0.2, -0.15) is 0 Å². The number of hydrazine groups is 1. The maximum Gasteiger partial charge on any atom is 0.339 e. The van der Waals surface area contributed by atoms with Crippen molar-refractivity contribution in [3.8, 4) is 0 Å². The first-order chi connectivity index (χ1) is 7.51. The van der Waals surface area contributed by atoms with Crippen molar-refractivity contribution in [2.45, 2.75) is 6.92 Å². The molecule has 3 N–H and O–H groups in total. The van der Waals surface area contributed by atoms with Gasteiger partial charge in [-0.15, -0.1) is 0 Å². The van der Waals surface area contributed by atoms with E-state index in [1.54, 1.807) is 0 Å². The number of aliphatic imine (C=N–C) groups is 1. The molecule has 0 spiro atoms. The molecule has 0 bridgehead atoms. The lowest BCUT2D eigenvalue weighted by molar-refractivity contribution is -0.135. The fourth-order valence-corrected chi connectivity index (χ4v) is 1.26. The fourth-order valence-electron chi connectivity index (χ4n) is 1.26. The number of rotatable bonds is 2. The topological polar surface area (TPSA) is 111 Å². The van der Waals surface area contributed by atoms with Gasteiger partial charge in [-0.1, -0.05) is 0 Å². The van der Waals surface area contributed by atoms with Crippen LogP contribution in [0.1, 0.15) is 6.92 Å². The molecular formula is C9H11N3O4. The van der Waals surface area contributed by atoms with E-state index >= 15 is 0 Å². The van der Waals surface area contributed by atoms with Gasteiger partial charge >= 0.3 is 5.97 Å². The highest BCUT2D eigenvalue weighted by atomic mass is 16.5. The molecule has 7 heteroatoms. The van der Waals surface area contributed by atoms with Crippen LogP contribution in [-0.4, -0.2) is 30.6 Å². The second-order valence-corrected chi connectivity index (χ2v) is 3.09. The number of carbonyl (C=O) groups excluding carboxylic acids is 3. The lowest BCUT2D eigenvalue weighted by Gasteiger charge is -2.15. The maximum atomic E-state index is 11.4. The third-order valence-electron chi connectivity index (χ3n) is 2.10. The van der Waals surface area contributed by atoms with E-state index in [4.69, 9.17) is 5.84 Å². The number of nitrogens with zero attached hydrogens (tertiary/aromatic N) is 1. The second kappa shape index (κ2) is 4.67. The van der Waals surface area contributed by atoms with Gasteiger partial charge in [0.15, 0.2) is 0 Å². The molecule has 1 heterocycles. The highest BCUT2D eigenvalue weighted by Crippen LogP contribution is 2.15. The van der Waals surface area contributed by atoms with Crippen LogP contribution in [0.5, 0.6) is 0 Å². The smallest absolute Gasteiger partial charge is 0.339 e. The van der Waals surface area contributed by atoms with Crippen molar-refractivity contribution in [2.75, 3.05) is 7.11 Å². The van der Waals surface area contributed by atoms with Crippen molar-refractivity contribution in [1.29, 1.82) is 0 Å². The molecule has 0 aromatic carbocycles. The van der Waals surface area contributed by atoms with Crippen molar-refractivity contribution >= 4 is 23.5 Å². The maximum absolute atomic E-state index is 11.4. The molecule has 0 saturated carbocycles. The fraction of sp³-hybridized carbons (Fsp3) is 0.333. The molecule has 1 atom stereocenters. The monoisotopic (exact) mass is 225 g/mol. The Morgan fingerprint density at radius 1 is 1.56 bits per heavy atom. The number of esters is 1. The third-order valence-corrected chi connectivity index (χ3v) is 2.10. The van der Waals surface area contributed by atoms with Gasteiger partial charge in [-0.3, -0.25) is 15.0 Å². The van der Waals surface area contributed by atoms with E-state index in [2.05, 4.69) is 9.73 Å². The molecule has 1 aliphatic rings. The summed E-state index contributed by atoms with van der Waals surface area (Å²) in [6.45, 7) is 1.48. The number of hydrogen-bond donors (Lipinski definition) is 2. The standard InChI is InChI=1S/C9H11N3O4/c1-4-5(9(15)16-2)3-6(7(13)11-4)8(14)12-10/h3,6H,10H2,1-2H3,(H,12,14). The zero-order chi connectivity index (χ0) is 12.3. The Morgan fingerprint density at radius 3 is 2.69 bits per heavy atom. The van der Waals surface area contributed by atoms with Crippen LogP contribution in [0.3, 0.4) is 0 Å². The first kappa shape index (κ1) is 12.1. The molecule has 0 aliphatic carbocycles. The van der Waals surface area contributed by atoms with Crippen molar-refractivity contribution in [1.82, 2.24) is 5.43 Å². The summed E-state index contributed by atoms with van der Waals surface area (Å²) in [4.78, 5) is 37.4. The minimum atomic E-state index is -1.18. The van der Waals surface area contributed by atoms with Gasteiger partial charge in [-0.25, -0.2) is 15.6 Å². The molecular weight excluding hydrogens is 214 g/mol. The van der Waals surface area contributed by atoms with Crippen LogP contribution in [0.15, 0.2) is 16.6 Å². The predicted molar refractivity (Wildman–Crippen MR) is 54.0 cm³/mol. The molecule has 16 heavy (non-hydrogen) atoms. The SMILES string of the molecule is COC(=O)C1=CC(C(=O)NN)C(=O)N=C1C. The number of hydrogen-bond acceptors (Lipinski definition) is 5. The van der Waals surface area contributed by atoms with Gasteiger partial charge < -0.3 is 4.74 Å². The average molecular weight is 225 g/mol. The van der Waals surface area contributed by atoms with Gasteiger partial charge in [0, 0.05) is 0 Å². The highest BCUT2D eigenvalue weighted by molar-refractivity contribution is 6.25. The Bertz CT molecular complexity index is 411. The van der Waals surface area contributed by atoms with Crippen molar-refractivity contribution in [2.24, 2.45) is 16.8 Å². The molecule has 0 aromatic rings. The summed E-state index contributed by atoms with van der Waals surface area (Å²) in [7, 11) is 1.20. The number of methoxy groups -OCH3 is 1. The molecule has 7 nitrogen and oxygen atoms in total. The number of carbonyl (C=O) groups is 3. The van der Waals surface area contributed by atoms with Gasteiger partial charge in [0.2, 0.25) is 5.91 Å². The van der Waals surface area contributed by atoms with Crippen LogP contribution in [0.2, 0.25) is 0 Å². The van der Waals surface area contributed by atoms with Gasteiger partial charge in [0.1, 0.15) is 5.92 Å². The zero-order valence-corrected chi connectivity index (χ0v) is 8.81. The summed E-state index contributed by atoms with van der Waals surface area (Å²) in [5.74, 6) is 1.70. The van der Waals surface area contributed by atoms with Crippen LogP contribution in [0.25, 0.3) is 0 Å². The summed E-state index contributed by atoms with van der Waals surface area (Å²) in [6.07, 6.45) is 1.19. The Balaban J connectivity index is 3.08. The van der Waals surface area contributed by atoms with E-state index in [1.165, 1.54) is 20.1 Å². The van der Waals surface area contributed by atoms with E-state index in [0.717, 1.165) is 0 Å². The van der Waals surface area contributed by atoms with Crippen molar-refractivity contribution in [3.63, 3.8) is 0 Å². The molecule has 0 aromatic heterocycles. The van der Waals surface area contributed by atoms with E-state index in [1.807, 2.05) is 5.43 Å². The largest absolute Gasteiger partial charge is 0.465 e. The number of ether oxygens (including phenoxy) is 1. The molecule has 86 valence electrons. The molecule has 0 fully saturated rings. The average Bonchev–Trinajstić information content (AvgIpc) is 2.27. The number of amides is 2. The zero-order valence-electron chi connectivity index (χ0n) is 8.81. The minimum absolute atomic E-state index is 0.0932. The summed E-state index contributed by atoms with van der Waals surface area (Å²) < 4.78 is 4.49. The van der Waals surface area contributed by atoms with Crippen LogP contribution in [0.4, 0.5) is 0 Å². The van der Waals surface area contributed by atoms with E-state index in [9.17, 15) is 14.4 Å². The third kappa shape index (κ3) is 2.14. The van der Waals surface area contributed by atoms with E-state index in [-0.39, 0.29) is 11.3 Å². The predicted octanol–water partition coefficient (Wildman–Crippen LogP) is -1.31. The van der Waals surface area contributed by atoms with Crippen LogP contribution >= 0.6 is 0 Å². The highest BCUT2D eigenvalue weighted by Gasteiger charge is 2.31. The summed E-state index contributed by atoms with van der Waals surface area (Å²) in [5, 5.41) is 0. The van der Waals surface area contributed by atoms with Crippen molar-refractivity contribution < 1.29 is 19.1 Å². The molecule has 1 aliphatic heterocycles. The lowest BCUT2D eigenvalue weighted by atomic mass is 9.98. The van der Waals surface area contributed by atoms with Crippen LogP contribution in [-0.2, 0) is 19.1 Å². The Hall–Kier alpha value is -2.02. The van der Waals surface area contributed by atoms with Crippen LogP contribution in [0, 0.1) is 5.92 Å². The first-order valence-electron chi connectivity index (χ1n) is 4.41. The summed E-state index contributed by atoms with van der Waals surface area (Å²) in [5.41, 5.74) is 2.15. The Kier molecular flexibility index (Phi) is 3.51. The summed E-state index contributed by atoms with van der Waals surface area (Å²) >= 11 is 0. The second-order valence-electron chi connectivity index (χ2n) is 3.09. The quantitative estimate of drug-likeness (QED) is 0.199. The van der Waals surface area contributed by atoms with Gasteiger partial charge in [-0.05, 0) is 13.0 Å². The lowest BCUT2D eigenvalue weighted by Crippen LogP contribution is -2.40. The summed E-state index contributed by atoms with van der Waals surface area (Å²) in [6, 6.07) is 0. The molecule has 1 unspecified atom stereocenters. The van der Waals surface area contributed by atoms with Crippen molar-refractivity contribution in [3.05, 3.63) is 11.6 Å². The van der Waals surface area contributed by atoms with E-state index in [0.29, 0.717) is 0 Å². The van der Waals surface area contributed by atoms with Gasteiger partial charge in [0.25, 0.3) is 5.91 Å². The molecule has 2 amide bonds. The normalized spacial score (nSPS) is 19.7. The number of dihydropyridines is 1. The molecule has 1 rings (SSSR count). The number of nitrogens with two attached hydrogens (primary N) is 1. The minimum Gasteiger partial charge on any atom is -0.465 e. The van der Waals surface area contributed by atoms with Crippen LogP contribution < -0.4 is 11.3 Å². The molecule has 0 radical (unpaired) electrons. The first-order valence-corrected chi connectivity index (χ1v) is 4.41. The van der Waals surface area contributed by atoms with E-state index < -0.39 is 23.7 Å². The Labute approximate surface area is 91.3 Å². The number of nitrogens with one attached hydrogen (secondary N) is 1. The molecule has 0 saturated heterocycles. The Morgan fingerprint density at radius 2 is 2.19 bits per heavy atom. The van der Waals surface area contributed by atoms with Gasteiger partial charge in [0.05, 0.1) is 18.4 Å².